The predicted octanol–water partition coefficient (Wildman–Crippen LogP) is 2.65. The second-order valence-corrected chi connectivity index (χ2v) is 4.08. The summed E-state index contributed by atoms with van der Waals surface area (Å²) in [6.07, 6.45) is 2.21. The van der Waals surface area contributed by atoms with Gasteiger partial charge in [0.15, 0.2) is 11.6 Å². The molecule has 88 valence electrons. The van der Waals surface area contributed by atoms with E-state index in [1.165, 1.54) is 0 Å². The third-order valence-electron chi connectivity index (χ3n) is 2.84. The molecule has 0 bridgehead atoms. The first-order chi connectivity index (χ1) is 7.66. The fourth-order valence-corrected chi connectivity index (χ4v) is 1.95. The van der Waals surface area contributed by atoms with Crippen molar-refractivity contribution in [2.75, 3.05) is 0 Å². The molecule has 1 aliphatic rings. The van der Waals surface area contributed by atoms with Gasteiger partial charge in [-0.05, 0) is 31.4 Å². The average Bonchev–Trinajstić information content (AvgIpc) is 2.27. The zero-order valence-corrected chi connectivity index (χ0v) is 8.83. The first kappa shape index (κ1) is 11.3. The van der Waals surface area contributed by atoms with Crippen LogP contribution in [-0.4, -0.2) is 17.3 Å². The van der Waals surface area contributed by atoms with Gasteiger partial charge in [-0.15, -0.1) is 0 Å². The van der Waals surface area contributed by atoms with Crippen molar-refractivity contribution >= 4 is 0 Å². The Kier molecular flexibility index (Phi) is 3.39. The number of hydrogen-bond acceptors (Lipinski definition) is 2. The molecule has 1 saturated carbocycles. The molecule has 1 aliphatic carbocycles. The molecule has 2 atom stereocenters. The molecule has 0 spiro atoms. The van der Waals surface area contributed by atoms with Crippen molar-refractivity contribution in [3.8, 4) is 5.75 Å². The zero-order chi connectivity index (χ0) is 11.5. The van der Waals surface area contributed by atoms with Crippen LogP contribution in [0.15, 0.2) is 18.2 Å². The van der Waals surface area contributed by atoms with Gasteiger partial charge in [0.05, 0.1) is 6.10 Å². The van der Waals surface area contributed by atoms with E-state index in [0.717, 1.165) is 31.0 Å². The molecular formula is C12H14F2O2. The predicted molar refractivity (Wildman–Crippen MR) is 55.2 cm³/mol. The molecular weight excluding hydrogens is 214 g/mol. The van der Waals surface area contributed by atoms with E-state index in [1.54, 1.807) is 0 Å². The van der Waals surface area contributed by atoms with Crippen molar-refractivity contribution < 1.29 is 18.6 Å². The molecule has 0 radical (unpaired) electrons. The topological polar surface area (TPSA) is 29.5 Å². The number of rotatable bonds is 2. The molecule has 16 heavy (non-hydrogen) atoms. The summed E-state index contributed by atoms with van der Waals surface area (Å²) in [5.41, 5.74) is 0. The third-order valence-corrected chi connectivity index (χ3v) is 2.84. The number of benzene rings is 1. The average molecular weight is 228 g/mol. The molecule has 1 aromatic carbocycles. The quantitative estimate of drug-likeness (QED) is 0.843. The van der Waals surface area contributed by atoms with Crippen molar-refractivity contribution in [3.05, 3.63) is 29.8 Å². The smallest absolute Gasteiger partial charge is 0.165 e. The van der Waals surface area contributed by atoms with Crippen LogP contribution in [0.4, 0.5) is 8.78 Å². The van der Waals surface area contributed by atoms with Gasteiger partial charge in [0.2, 0.25) is 0 Å². The maximum Gasteiger partial charge on any atom is 0.165 e. The highest BCUT2D eigenvalue weighted by Crippen LogP contribution is 2.26. The van der Waals surface area contributed by atoms with E-state index in [2.05, 4.69) is 0 Å². The van der Waals surface area contributed by atoms with E-state index in [9.17, 15) is 13.9 Å². The Labute approximate surface area is 92.9 Å². The van der Waals surface area contributed by atoms with E-state index >= 15 is 0 Å². The highest BCUT2D eigenvalue weighted by molar-refractivity contribution is 5.25. The maximum absolute atomic E-state index is 13.3. The van der Waals surface area contributed by atoms with E-state index in [4.69, 9.17) is 4.74 Å². The monoisotopic (exact) mass is 228 g/mol. The van der Waals surface area contributed by atoms with Gasteiger partial charge in [-0.1, -0.05) is 6.42 Å². The van der Waals surface area contributed by atoms with Crippen molar-refractivity contribution in [2.24, 2.45) is 0 Å². The number of aliphatic hydroxyl groups excluding tert-OH is 1. The molecule has 0 unspecified atom stereocenters. The Hall–Kier alpha value is -1.16. The Morgan fingerprint density at radius 1 is 1.19 bits per heavy atom. The van der Waals surface area contributed by atoms with Crippen LogP contribution in [0.25, 0.3) is 0 Å². The second-order valence-electron chi connectivity index (χ2n) is 4.08. The van der Waals surface area contributed by atoms with Gasteiger partial charge < -0.3 is 9.84 Å². The molecule has 1 fully saturated rings. The van der Waals surface area contributed by atoms with Crippen LogP contribution in [0.5, 0.6) is 5.75 Å². The molecule has 1 N–H and O–H groups in total. The van der Waals surface area contributed by atoms with Crippen LogP contribution in [-0.2, 0) is 0 Å². The van der Waals surface area contributed by atoms with Gasteiger partial charge >= 0.3 is 0 Å². The van der Waals surface area contributed by atoms with Gasteiger partial charge in [0.1, 0.15) is 11.9 Å². The Morgan fingerprint density at radius 2 is 1.94 bits per heavy atom. The molecule has 4 heteroatoms. The normalized spacial score (nSPS) is 25.4. The van der Waals surface area contributed by atoms with Gasteiger partial charge in [-0.2, -0.15) is 0 Å². The largest absolute Gasteiger partial charge is 0.485 e. The van der Waals surface area contributed by atoms with Crippen LogP contribution >= 0.6 is 0 Å². The summed E-state index contributed by atoms with van der Waals surface area (Å²) in [4.78, 5) is 0. The van der Waals surface area contributed by atoms with Crippen molar-refractivity contribution in [1.82, 2.24) is 0 Å². The highest BCUT2D eigenvalue weighted by atomic mass is 19.1. The highest BCUT2D eigenvalue weighted by Gasteiger charge is 2.25. The summed E-state index contributed by atoms with van der Waals surface area (Å²) in [6, 6.07) is 3.08. The number of halogens is 2. The van der Waals surface area contributed by atoms with Crippen LogP contribution in [0, 0.1) is 11.6 Å². The fourth-order valence-electron chi connectivity index (χ4n) is 1.95. The summed E-state index contributed by atoms with van der Waals surface area (Å²) < 4.78 is 31.5. The lowest BCUT2D eigenvalue weighted by Gasteiger charge is -2.28. The van der Waals surface area contributed by atoms with Crippen LogP contribution in [0.1, 0.15) is 25.7 Å². The molecule has 0 aromatic heterocycles. The number of hydrogen-bond donors (Lipinski definition) is 1. The molecule has 2 rings (SSSR count). The summed E-state index contributed by atoms with van der Waals surface area (Å²) in [7, 11) is 0. The fraction of sp³-hybridized carbons (Fsp3) is 0.500. The molecule has 2 nitrogen and oxygen atoms in total. The van der Waals surface area contributed by atoms with E-state index < -0.39 is 23.8 Å². The number of ether oxygens (including phenoxy) is 1. The zero-order valence-electron chi connectivity index (χ0n) is 8.83. The second kappa shape index (κ2) is 4.78. The minimum Gasteiger partial charge on any atom is -0.485 e. The Bertz CT molecular complexity index is 368. The van der Waals surface area contributed by atoms with E-state index in [0.29, 0.717) is 12.8 Å². The minimum absolute atomic E-state index is 0.119. The van der Waals surface area contributed by atoms with Crippen molar-refractivity contribution in [3.63, 3.8) is 0 Å². The molecule has 0 saturated heterocycles. The molecule has 0 heterocycles. The van der Waals surface area contributed by atoms with Gasteiger partial charge in [-0.25, -0.2) is 8.78 Å². The van der Waals surface area contributed by atoms with Gasteiger partial charge in [0.25, 0.3) is 0 Å². The first-order valence-corrected chi connectivity index (χ1v) is 5.46. The molecule has 1 aromatic rings. The minimum atomic E-state index is -0.598. The van der Waals surface area contributed by atoms with Crippen LogP contribution in [0.3, 0.4) is 0 Å². The Morgan fingerprint density at radius 3 is 2.69 bits per heavy atom. The maximum atomic E-state index is 13.3. The standard InChI is InChI=1S/C12H14F2O2/c13-8-5-6-9(14)12(7-8)16-11-4-2-1-3-10(11)15/h5-7,10-11,15H,1-4H2/t10-,11-/m1/s1. The summed E-state index contributed by atoms with van der Waals surface area (Å²) in [5.74, 6) is -1.26. The lowest BCUT2D eigenvalue weighted by molar-refractivity contribution is 0.00483. The van der Waals surface area contributed by atoms with E-state index in [-0.39, 0.29) is 5.75 Å². The lowest BCUT2D eigenvalue weighted by atomic mass is 9.95. The van der Waals surface area contributed by atoms with Gasteiger partial charge in [0, 0.05) is 6.07 Å². The van der Waals surface area contributed by atoms with Crippen molar-refractivity contribution in [1.29, 1.82) is 0 Å². The summed E-state index contributed by atoms with van der Waals surface area (Å²) in [6.45, 7) is 0. The first-order valence-electron chi connectivity index (χ1n) is 5.46. The molecule has 0 amide bonds. The molecule has 0 aliphatic heterocycles. The third kappa shape index (κ3) is 2.50. The lowest BCUT2D eigenvalue weighted by Crippen LogP contribution is -2.34. The van der Waals surface area contributed by atoms with Crippen LogP contribution in [0.2, 0.25) is 0 Å². The van der Waals surface area contributed by atoms with Crippen molar-refractivity contribution in [2.45, 2.75) is 37.9 Å². The van der Waals surface area contributed by atoms with E-state index in [1.807, 2.05) is 0 Å². The van der Waals surface area contributed by atoms with Gasteiger partial charge in [-0.3, -0.25) is 0 Å². The summed E-state index contributed by atoms with van der Waals surface area (Å²) in [5, 5.41) is 9.65. The summed E-state index contributed by atoms with van der Waals surface area (Å²) >= 11 is 0. The Balaban J connectivity index is 2.10. The van der Waals surface area contributed by atoms with Crippen LogP contribution < -0.4 is 4.74 Å². The number of aliphatic hydroxyl groups is 1. The SMILES string of the molecule is O[C@@H]1CCCC[C@H]1Oc1cc(F)ccc1F.